The van der Waals surface area contributed by atoms with Crippen molar-refractivity contribution in [1.29, 1.82) is 0 Å². The van der Waals surface area contributed by atoms with Crippen LogP contribution in [0.15, 0.2) is 30.5 Å². The molecule has 0 saturated carbocycles. The fourth-order valence-corrected chi connectivity index (χ4v) is 3.99. The summed E-state index contributed by atoms with van der Waals surface area (Å²) < 4.78 is 26.4. The third-order valence-electron chi connectivity index (χ3n) is 2.72. The van der Waals surface area contributed by atoms with Crippen molar-refractivity contribution in [3.05, 3.63) is 46.6 Å². The van der Waals surface area contributed by atoms with Crippen LogP contribution in [0.5, 0.6) is 0 Å². The van der Waals surface area contributed by atoms with Gasteiger partial charge in [-0.05, 0) is 30.7 Å². The van der Waals surface area contributed by atoms with Gasteiger partial charge in [0.1, 0.15) is 9.88 Å². The Kier molecular flexibility index (Phi) is 4.59. The van der Waals surface area contributed by atoms with Gasteiger partial charge in [-0.15, -0.1) is 11.3 Å². The molecule has 0 aliphatic carbocycles. The van der Waals surface area contributed by atoms with Gasteiger partial charge < -0.3 is 5.11 Å². The fourth-order valence-electron chi connectivity index (χ4n) is 1.73. The van der Waals surface area contributed by atoms with Crippen LogP contribution in [0.4, 0.5) is 5.00 Å². The number of sulfonamides is 1. The van der Waals surface area contributed by atoms with E-state index in [9.17, 15) is 13.2 Å². The minimum absolute atomic E-state index is 0.108. The van der Waals surface area contributed by atoms with E-state index in [0.717, 1.165) is 11.3 Å². The molecule has 2 aromatic heterocycles. The van der Waals surface area contributed by atoms with Crippen LogP contribution in [-0.2, 0) is 16.4 Å². The number of carboxylic acids is 1. The summed E-state index contributed by atoms with van der Waals surface area (Å²) in [5.74, 6) is -1.17. The highest BCUT2D eigenvalue weighted by Gasteiger charge is 2.16. The maximum Gasteiger partial charge on any atom is 0.346 e. The van der Waals surface area contributed by atoms with Gasteiger partial charge >= 0.3 is 5.97 Å². The van der Waals surface area contributed by atoms with Crippen LogP contribution in [0.25, 0.3) is 0 Å². The lowest BCUT2D eigenvalue weighted by molar-refractivity contribution is 0.0701. The lowest BCUT2D eigenvalue weighted by atomic mass is 10.3. The van der Waals surface area contributed by atoms with Gasteiger partial charge in [0, 0.05) is 18.3 Å². The highest BCUT2D eigenvalue weighted by atomic mass is 32.2. The number of hydrogen-bond donors (Lipinski definition) is 2. The number of pyridine rings is 1. The number of aromatic carboxylic acids is 1. The molecule has 2 rings (SSSR count). The quantitative estimate of drug-likeness (QED) is 0.847. The smallest absolute Gasteiger partial charge is 0.346 e. The molecule has 0 fully saturated rings. The first-order valence-corrected chi connectivity index (χ1v) is 8.58. The second-order valence-corrected chi connectivity index (χ2v) is 7.31. The van der Waals surface area contributed by atoms with Gasteiger partial charge in [0.2, 0.25) is 10.0 Å². The van der Waals surface area contributed by atoms with E-state index in [-0.39, 0.29) is 10.6 Å². The maximum atomic E-state index is 12.0. The molecule has 8 heteroatoms. The Labute approximate surface area is 126 Å². The predicted octanol–water partition coefficient (Wildman–Crippen LogP) is 2.13. The Bertz CT molecular complexity index is 739. The summed E-state index contributed by atoms with van der Waals surface area (Å²) in [6.07, 6.45) is 1.91. The molecule has 0 amide bonds. The van der Waals surface area contributed by atoms with Crippen molar-refractivity contribution < 1.29 is 18.3 Å². The molecule has 0 aromatic carbocycles. The van der Waals surface area contributed by atoms with Crippen LogP contribution < -0.4 is 4.72 Å². The second kappa shape index (κ2) is 6.23. The number of carbonyl (C=O) groups is 1. The topological polar surface area (TPSA) is 96.4 Å². The fraction of sp³-hybridized carbons (Fsp3) is 0.231. The minimum Gasteiger partial charge on any atom is -0.477 e. The number of rotatable bonds is 6. The molecule has 21 heavy (non-hydrogen) atoms. The SMILES string of the molecule is Cc1cc(NS(=O)(=O)CCc2ccccn2)sc1C(=O)O. The lowest BCUT2D eigenvalue weighted by Gasteiger charge is -2.05. The van der Waals surface area contributed by atoms with Crippen molar-refractivity contribution in [1.82, 2.24) is 4.98 Å². The van der Waals surface area contributed by atoms with Crippen molar-refractivity contribution in [3.63, 3.8) is 0 Å². The maximum absolute atomic E-state index is 12.0. The average molecular weight is 326 g/mol. The van der Waals surface area contributed by atoms with E-state index in [0.29, 0.717) is 22.7 Å². The lowest BCUT2D eigenvalue weighted by Crippen LogP contribution is -2.17. The molecular formula is C13H14N2O4S2. The van der Waals surface area contributed by atoms with Gasteiger partial charge in [-0.3, -0.25) is 9.71 Å². The Hall–Kier alpha value is -1.93. The summed E-state index contributed by atoms with van der Waals surface area (Å²) in [4.78, 5) is 15.1. The van der Waals surface area contributed by atoms with E-state index in [1.807, 2.05) is 0 Å². The zero-order chi connectivity index (χ0) is 15.5. The van der Waals surface area contributed by atoms with Crippen molar-refractivity contribution in [2.75, 3.05) is 10.5 Å². The van der Waals surface area contributed by atoms with Gasteiger partial charge in [0.05, 0.1) is 5.75 Å². The van der Waals surface area contributed by atoms with E-state index in [1.54, 1.807) is 31.3 Å². The molecule has 0 aliphatic heterocycles. The summed E-state index contributed by atoms with van der Waals surface area (Å²) in [6, 6.07) is 6.84. The average Bonchev–Trinajstić information content (AvgIpc) is 2.78. The molecular weight excluding hydrogens is 312 g/mol. The Balaban J connectivity index is 2.04. The molecule has 0 saturated heterocycles. The van der Waals surface area contributed by atoms with Crippen LogP contribution in [0.1, 0.15) is 20.9 Å². The van der Waals surface area contributed by atoms with E-state index < -0.39 is 16.0 Å². The third kappa shape index (κ3) is 4.27. The Morgan fingerprint density at radius 3 is 2.76 bits per heavy atom. The van der Waals surface area contributed by atoms with Crippen molar-refractivity contribution in [3.8, 4) is 0 Å². The molecule has 112 valence electrons. The molecule has 2 N–H and O–H groups in total. The number of aryl methyl sites for hydroxylation is 2. The number of aromatic nitrogens is 1. The molecule has 2 heterocycles. The van der Waals surface area contributed by atoms with Gasteiger partial charge in [0.15, 0.2) is 0 Å². The number of hydrogen-bond acceptors (Lipinski definition) is 5. The van der Waals surface area contributed by atoms with Crippen LogP contribution in [-0.4, -0.2) is 30.2 Å². The summed E-state index contributed by atoms with van der Waals surface area (Å²) in [7, 11) is -3.53. The van der Waals surface area contributed by atoms with Crippen LogP contribution in [0, 0.1) is 6.92 Å². The standard InChI is InChI=1S/C13H14N2O4S2/c1-9-8-11(20-12(9)13(16)17)15-21(18,19)7-5-10-4-2-3-6-14-10/h2-4,6,8,15H,5,7H2,1H3,(H,16,17). The number of anilines is 1. The summed E-state index contributed by atoms with van der Waals surface area (Å²) in [6.45, 7) is 1.63. The van der Waals surface area contributed by atoms with Crippen LogP contribution in [0.2, 0.25) is 0 Å². The van der Waals surface area contributed by atoms with E-state index in [2.05, 4.69) is 9.71 Å². The van der Waals surface area contributed by atoms with Crippen molar-refractivity contribution >= 4 is 32.3 Å². The molecule has 0 bridgehead atoms. The largest absolute Gasteiger partial charge is 0.477 e. The number of nitrogens with one attached hydrogen (secondary N) is 1. The van der Waals surface area contributed by atoms with Gasteiger partial charge in [-0.2, -0.15) is 0 Å². The zero-order valence-electron chi connectivity index (χ0n) is 11.2. The first-order chi connectivity index (χ1) is 9.87. The molecule has 6 nitrogen and oxygen atoms in total. The molecule has 0 unspecified atom stereocenters. The normalized spacial score (nSPS) is 11.3. The highest BCUT2D eigenvalue weighted by Crippen LogP contribution is 2.27. The predicted molar refractivity (Wildman–Crippen MR) is 81.4 cm³/mol. The molecule has 0 atom stereocenters. The molecule has 2 aromatic rings. The molecule has 0 radical (unpaired) electrons. The minimum atomic E-state index is -3.53. The van der Waals surface area contributed by atoms with Crippen LogP contribution >= 0.6 is 11.3 Å². The van der Waals surface area contributed by atoms with Gasteiger partial charge in [-0.1, -0.05) is 6.07 Å². The molecule has 0 spiro atoms. The van der Waals surface area contributed by atoms with Gasteiger partial charge in [-0.25, -0.2) is 13.2 Å². The van der Waals surface area contributed by atoms with Gasteiger partial charge in [0.25, 0.3) is 0 Å². The third-order valence-corrected chi connectivity index (χ3v) is 5.26. The number of nitrogens with zero attached hydrogens (tertiary/aromatic N) is 1. The monoisotopic (exact) mass is 326 g/mol. The zero-order valence-corrected chi connectivity index (χ0v) is 12.9. The Morgan fingerprint density at radius 1 is 1.43 bits per heavy atom. The Morgan fingerprint density at radius 2 is 2.19 bits per heavy atom. The number of thiophene rings is 1. The number of carboxylic acid groups (broad SMARTS) is 1. The summed E-state index contributed by atoms with van der Waals surface area (Å²) in [5.41, 5.74) is 1.23. The van der Waals surface area contributed by atoms with Crippen molar-refractivity contribution in [2.45, 2.75) is 13.3 Å². The first-order valence-electron chi connectivity index (χ1n) is 6.11. The van der Waals surface area contributed by atoms with E-state index in [1.165, 1.54) is 6.07 Å². The van der Waals surface area contributed by atoms with E-state index in [4.69, 9.17) is 5.11 Å². The second-order valence-electron chi connectivity index (χ2n) is 4.42. The first kappa shape index (κ1) is 15.5. The summed E-state index contributed by atoms with van der Waals surface area (Å²) in [5, 5.41) is 9.27. The van der Waals surface area contributed by atoms with Crippen molar-refractivity contribution in [2.24, 2.45) is 0 Å². The summed E-state index contributed by atoms with van der Waals surface area (Å²) >= 11 is 0.911. The van der Waals surface area contributed by atoms with Crippen LogP contribution in [0.3, 0.4) is 0 Å². The highest BCUT2D eigenvalue weighted by molar-refractivity contribution is 7.92. The van der Waals surface area contributed by atoms with E-state index >= 15 is 0 Å². The molecule has 0 aliphatic rings.